The third-order valence-corrected chi connectivity index (χ3v) is 10.7. The summed E-state index contributed by atoms with van der Waals surface area (Å²) in [6.07, 6.45) is 0. The van der Waals surface area contributed by atoms with E-state index in [1.54, 1.807) is 0 Å². The normalized spacial score (nSPS) is 11.6. The minimum Gasteiger partial charge on any atom is -0.456 e. The molecule has 0 aliphatic carbocycles. The van der Waals surface area contributed by atoms with Crippen molar-refractivity contribution < 1.29 is 8.83 Å². The average Bonchev–Trinajstić information content (AvgIpc) is 3.85. The molecule has 0 amide bonds. The van der Waals surface area contributed by atoms with E-state index in [0.717, 1.165) is 105 Å². The van der Waals surface area contributed by atoms with E-state index in [2.05, 4.69) is 133 Å². The second kappa shape index (κ2) is 13.1. The van der Waals surface area contributed by atoms with Gasteiger partial charge >= 0.3 is 0 Å². The molecule has 56 heavy (non-hydrogen) atoms. The summed E-state index contributed by atoms with van der Waals surface area (Å²) in [5.74, 6) is 0.682. The van der Waals surface area contributed by atoms with Gasteiger partial charge in [-0.15, -0.1) is 0 Å². The summed E-state index contributed by atoms with van der Waals surface area (Å²) < 4.78 is 12.7. The molecule has 3 aromatic heterocycles. The van der Waals surface area contributed by atoms with E-state index in [1.807, 2.05) is 60.7 Å². The van der Waals surface area contributed by atoms with Gasteiger partial charge in [-0.2, -0.15) is 0 Å². The van der Waals surface area contributed by atoms with E-state index in [0.29, 0.717) is 5.82 Å². The molecular weight excluding hydrogens is 685 g/mol. The highest BCUT2D eigenvalue weighted by Gasteiger charge is 2.17. The lowest BCUT2D eigenvalue weighted by atomic mass is 9.92. The third-order valence-electron chi connectivity index (χ3n) is 10.7. The van der Waals surface area contributed by atoms with Gasteiger partial charge < -0.3 is 8.83 Å². The van der Waals surface area contributed by atoms with Crippen LogP contribution >= 0.6 is 0 Å². The first kappa shape index (κ1) is 31.9. The number of hydrogen-bond acceptors (Lipinski definition) is 4. The predicted octanol–water partition coefficient (Wildman–Crippen LogP) is 14.3. The molecule has 0 fully saturated rings. The molecule has 0 saturated carbocycles. The largest absolute Gasteiger partial charge is 0.456 e. The van der Waals surface area contributed by atoms with Crippen molar-refractivity contribution in [3.8, 4) is 67.3 Å². The first-order valence-electron chi connectivity index (χ1n) is 18.8. The summed E-state index contributed by atoms with van der Waals surface area (Å²) in [6.45, 7) is 0. The fourth-order valence-corrected chi connectivity index (χ4v) is 7.92. The van der Waals surface area contributed by atoms with Crippen LogP contribution in [0.5, 0.6) is 0 Å². The Morgan fingerprint density at radius 3 is 1.57 bits per heavy atom. The van der Waals surface area contributed by atoms with Gasteiger partial charge in [-0.05, 0) is 82.4 Å². The molecular formula is C52H32N2O2. The zero-order valence-electron chi connectivity index (χ0n) is 30.2. The van der Waals surface area contributed by atoms with Crippen LogP contribution in [0.4, 0.5) is 0 Å². The van der Waals surface area contributed by atoms with Crippen LogP contribution in [0.25, 0.3) is 111 Å². The van der Waals surface area contributed by atoms with E-state index in [-0.39, 0.29) is 0 Å². The monoisotopic (exact) mass is 716 g/mol. The fraction of sp³-hybridized carbons (Fsp3) is 0. The molecule has 0 aliphatic rings. The molecule has 0 radical (unpaired) electrons. The number of furan rings is 2. The van der Waals surface area contributed by atoms with Gasteiger partial charge in [-0.25, -0.2) is 9.97 Å². The average molecular weight is 717 g/mol. The number of benzene rings is 8. The van der Waals surface area contributed by atoms with Crippen molar-refractivity contribution in [2.45, 2.75) is 0 Å². The Morgan fingerprint density at radius 2 is 0.804 bits per heavy atom. The summed E-state index contributed by atoms with van der Waals surface area (Å²) in [5.41, 5.74) is 14.7. The van der Waals surface area contributed by atoms with Crippen molar-refractivity contribution in [3.05, 3.63) is 194 Å². The van der Waals surface area contributed by atoms with Crippen molar-refractivity contribution in [1.29, 1.82) is 0 Å². The molecule has 11 rings (SSSR count). The Bertz CT molecular complexity index is 3190. The Labute approximate surface area is 323 Å². The van der Waals surface area contributed by atoms with Crippen LogP contribution in [0.1, 0.15) is 0 Å². The number of hydrogen-bond donors (Lipinski definition) is 0. The fourth-order valence-electron chi connectivity index (χ4n) is 7.92. The van der Waals surface area contributed by atoms with Crippen LogP contribution in [0, 0.1) is 0 Å². The van der Waals surface area contributed by atoms with E-state index in [4.69, 9.17) is 18.8 Å². The molecule has 262 valence electrons. The second-order valence-electron chi connectivity index (χ2n) is 14.2. The molecule has 11 aromatic rings. The molecule has 3 heterocycles. The van der Waals surface area contributed by atoms with Gasteiger partial charge in [0.1, 0.15) is 22.3 Å². The van der Waals surface area contributed by atoms with Crippen molar-refractivity contribution in [1.82, 2.24) is 9.97 Å². The maximum absolute atomic E-state index is 6.47. The highest BCUT2D eigenvalue weighted by molar-refractivity contribution is 6.10. The lowest BCUT2D eigenvalue weighted by Gasteiger charge is -2.14. The summed E-state index contributed by atoms with van der Waals surface area (Å²) in [5, 5.41) is 4.42. The summed E-state index contributed by atoms with van der Waals surface area (Å²) in [4.78, 5) is 10.3. The van der Waals surface area contributed by atoms with Gasteiger partial charge in [-0.1, -0.05) is 140 Å². The van der Waals surface area contributed by atoms with Gasteiger partial charge in [0, 0.05) is 43.8 Å². The van der Waals surface area contributed by atoms with Gasteiger partial charge in [0.05, 0.1) is 11.4 Å². The van der Waals surface area contributed by atoms with Crippen LogP contribution in [0.2, 0.25) is 0 Å². The minimum absolute atomic E-state index is 0.682. The van der Waals surface area contributed by atoms with E-state index in [9.17, 15) is 0 Å². The molecule has 0 aliphatic heterocycles. The van der Waals surface area contributed by atoms with Gasteiger partial charge in [0.25, 0.3) is 0 Å². The first-order chi connectivity index (χ1) is 27.7. The summed E-state index contributed by atoms with van der Waals surface area (Å²) in [6, 6.07) is 67.5. The maximum atomic E-state index is 6.47. The Balaban J connectivity index is 1.12. The van der Waals surface area contributed by atoms with Crippen molar-refractivity contribution in [3.63, 3.8) is 0 Å². The van der Waals surface area contributed by atoms with Crippen LogP contribution in [0.15, 0.2) is 203 Å². The van der Waals surface area contributed by atoms with E-state index in [1.165, 1.54) is 0 Å². The number of para-hydroxylation sites is 3. The first-order valence-corrected chi connectivity index (χ1v) is 18.8. The highest BCUT2D eigenvalue weighted by Crippen LogP contribution is 2.40. The summed E-state index contributed by atoms with van der Waals surface area (Å²) in [7, 11) is 0. The number of nitrogens with zero attached hydrogens (tertiary/aromatic N) is 2. The Kier molecular flexibility index (Phi) is 7.46. The Hall–Kier alpha value is -7.56. The zero-order valence-corrected chi connectivity index (χ0v) is 30.2. The van der Waals surface area contributed by atoms with Crippen LogP contribution < -0.4 is 0 Å². The third kappa shape index (κ3) is 5.55. The smallest absolute Gasteiger partial charge is 0.160 e. The van der Waals surface area contributed by atoms with Crippen molar-refractivity contribution in [2.24, 2.45) is 0 Å². The molecule has 0 atom stereocenters. The van der Waals surface area contributed by atoms with E-state index >= 15 is 0 Å². The SMILES string of the molecule is c1ccc(-c2cc(-c3cc(-c4cccc(-c5cccc6c5oc5ccccc56)c4)cc(-c4ccc5oc6ccccc6c5c4)c3)nc(-c3ccccc3)n2)cc1. The molecule has 0 saturated heterocycles. The summed E-state index contributed by atoms with van der Waals surface area (Å²) >= 11 is 0. The molecule has 8 aromatic carbocycles. The van der Waals surface area contributed by atoms with Gasteiger partial charge in [0.15, 0.2) is 5.82 Å². The Morgan fingerprint density at radius 1 is 0.286 bits per heavy atom. The minimum atomic E-state index is 0.682. The molecule has 0 unspecified atom stereocenters. The lowest BCUT2D eigenvalue weighted by Crippen LogP contribution is -1.96. The molecule has 4 heteroatoms. The molecule has 4 nitrogen and oxygen atoms in total. The topological polar surface area (TPSA) is 52.1 Å². The van der Waals surface area contributed by atoms with Crippen LogP contribution in [-0.4, -0.2) is 9.97 Å². The maximum Gasteiger partial charge on any atom is 0.160 e. The standard InChI is InChI=1S/C52H32N2O2/c1-3-13-33(14-4-1)46-32-47(54-52(53-46)34-15-5-2-6-16-34)40-29-38(28-39(30-40)36-25-26-50-45(31-36)43-20-8-9-23-48(43)55-50)35-17-11-18-37(27-35)41-21-12-22-44-42-19-7-10-24-49(42)56-51(41)44/h1-32H. The quantitative estimate of drug-likeness (QED) is 0.172. The molecule has 0 spiro atoms. The predicted molar refractivity (Wildman–Crippen MR) is 229 cm³/mol. The number of fused-ring (bicyclic) bond motifs is 6. The number of rotatable bonds is 6. The number of aromatic nitrogens is 2. The van der Waals surface area contributed by atoms with E-state index < -0.39 is 0 Å². The zero-order chi connectivity index (χ0) is 37.0. The highest BCUT2D eigenvalue weighted by atomic mass is 16.3. The van der Waals surface area contributed by atoms with Crippen LogP contribution in [-0.2, 0) is 0 Å². The van der Waals surface area contributed by atoms with Crippen molar-refractivity contribution in [2.75, 3.05) is 0 Å². The van der Waals surface area contributed by atoms with Gasteiger partial charge in [0.2, 0.25) is 0 Å². The second-order valence-corrected chi connectivity index (χ2v) is 14.2. The molecule has 0 N–H and O–H groups in total. The molecule has 0 bridgehead atoms. The lowest BCUT2D eigenvalue weighted by molar-refractivity contribution is 0.669. The van der Waals surface area contributed by atoms with Crippen LogP contribution in [0.3, 0.4) is 0 Å². The van der Waals surface area contributed by atoms with Crippen molar-refractivity contribution >= 4 is 43.9 Å². The van der Waals surface area contributed by atoms with Gasteiger partial charge in [-0.3, -0.25) is 0 Å².